The van der Waals surface area contributed by atoms with Gasteiger partial charge in [0.2, 0.25) is 0 Å². The number of aromatic hydroxyl groups is 1. The molecule has 0 spiro atoms. The lowest BCUT2D eigenvalue weighted by atomic mass is 9.76. The summed E-state index contributed by atoms with van der Waals surface area (Å²) < 4.78 is 0. The number of phenolic OH excluding ortho intramolecular Hbond substituents is 1. The largest absolute Gasteiger partial charge is 0.507 e. The van der Waals surface area contributed by atoms with Crippen LogP contribution in [-0.2, 0) is 5.41 Å². The van der Waals surface area contributed by atoms with Crippen LogP contribution >= 0.6 is 0 Å². The molecule has 0 heterocycles. The van der Waals surface area contributed by atoms with Gasteiger partial charge < -0.3 is 10.5 Å². The zero-order chi connectivity index (χ0) is 15.6. The molecule has 0 atom stereocenters. The SMILES string of the molecule is CC(C)c1cc(C=N)c(O)c(C(C)(C)c2ccccc2)c1. The maximum absolute atomic E-state index is 10.5. The van der Waals surface area contributed by atoms with E-state index in [0.29, 0.717) is 11.5 Å². The molecule has 0 aromatic heterocycles. The van der Waals surface area contributed by atoms with Gasteiger partial charge >= 0.3 is 0 Å². The lowest BCUT2D eigenvalue weighted by Gasteiger charge is -2.28. The molecule has 0 saturated heterocycles. The van der Waals surface area contributed by atoms with Crippen molar-refractivity contribution < 1.29 is 5.11 Å². The van der Waals surface area contributed by atoms with Gasteiger partial charge in [0.15, 0.2) is 0 Å². The minimum absolute atomic E-state index is 0.211. The number of phenols is 1. The molecule has 2 heteroatoms. The van der Waals surface area contributed by atoms with Gasteiger partial charge in [-0.05, 0) is 23.1 Å². The van der Waals surface area contributed by atoms with Crippen LogP contribution in [-0.4, -0.2) is 11.3 Å². The van der Waals surface area contributed by atoms with Crippen molar-refractivity contribution in [1.29, 1.82) is 5.41 Å². The summed E-state index contributed by atoms with van der Waals surface area (Å²) in [5.74, 6) is 0.567. The van der Waals surface area contributed by atoms with Crippen LogP contribution in [0.4, 0.5) is 0 Å². The Morgan fingerprint density at radius 2 is 1.71 bits per heavy atom. The van der Waals surface area contributed by atoms with Gasteiger partial charge in [-0.3, -0.25) is 0 Å². The van der Waals surface area contributed by atoms with E-state index in [0.717, 1.165) is 16.7 Å². The van der Waals surface area contributed by atoms with Crippen LogP contribution in [0.3, 0.4) is 0 Å². The predicted octanol–water partition coefficient (Wildman–Crippen LogP) is 4.84. The predicted molar refractivity (Wildman–Crippen MR) is 88.7 cm³/mol. The summed E-state index contributed by atoms with van der Waals surface area (Å²) in [5, 5.41) is 18.1. The monoisotopic (exact) mass is 281 g/mol. The molecule has 0 aliphatic carbocycles. The molecule has 2 aromatic carbocycles. The second-order valence-electron chi connectivity index (χ2n) is 6.30. The number of hydrogen-bond acceptors (Lipinski definition) is 2. The molecular weight excluding hydrogens is 258 g/mol. The molecule has 0 bridgehead atoms. The van der Waals surface area contributed by atoms with Gasteiger partial charge in [-0.15, -0.1) is 0 Å². The van der Waals surface area contributed by atoms with E-state index in [2.05, 4.69) is 45.9 Å². The van der Waals surface area contributed by atoms with Crippen molar-refractivity contribution >= 4 is 6.21 Å². The maximum Gasteiger partial charge on any atom is 0.128 e. The summed E-state index contributed by atoms with van der Waals surface area (Å²) in [4.78, 5) is 0. The third-order valence-corrected chi connectivity index (χ3v) is 4.15. The van der Waals surface area contributed by atoms with Crippen LogP contribution in [0.25, 0.3) is 0 Å². The lowest BCUT2D eigenvalue weighted by molar-refractivity contribution is 0.451. The fourth-order valence-corrected chi connectivity index (χ4v) is 2.61. The summed E-state index contributed by atoms with van der Waals surface area (Å²) >= 11 is 0. The van der Waals surface area contributed by atoms with Gasteiger partial charge in [0.05, 0.1) is 0 Å². The second kappa shape index (κ2) is 5.72. The van der Waals surface area contributed by atoms with Crippen molar-refractivity contribution in [3.8, 4) is 5.75 Å². The first-order valence-corrected chi connectivity index (χ1v) is 7.31. The smallest absolute Gasteiger partial charge is 0.128 e. The fourth-order valence-electron chi connectivity index (χ4n) is 2.61. The van der Waals surface area contributed by atoms with Crippen LogP contribution in [0.5, 0.6) is 5.75 Å². The molecule has 0 aliphatic heterocycles. The molecule has 0 fully saturated rings. The highest BCUT2D eigenvalue weighted by molar-refractivity contribution is 5.83. The maximum atomic E-state index is 10.5. The van der Waals surface area contributed by atoms with E-state index in [1.54, 1.807) is 0 Å². The van der Waals surface area contributed by atoms with Crippen molar-refractivity contribution in [2.24, 2.45) is 0 Å². The summed E-state index contributed by atoms with van der Waals surface area (Å²) in [5.41, 5.74) is 3.44. The van der Waals surface area contributed by atoms with Gasteiger partial charge in [0, 0.05) is 22.8 Å². The molecule has 0 saturated carbocycles. The first-order chi connectivity index (χ1) is 9.87. The van der Waals surface area contributed by atoms with Crippen molar-refractivity contribution in [2.45, 2.75) is 39.0 Å². The number of nitrogens with one attached hydrogen (secondary N) is 1. The molecule has 2 N–H and O–H groups in total. The third kappa shape index (κ3) is 2.85. The standard InChI is InChI=1S/C19H23NO/c1-13(2)14-10-15(12-20)18(21)17(11-14)19(3,4)16-8-6-5-7-9-16/h5-13,20-21H,1-4H3. The van der Waals surface area contributed by atoms with Crippen LogP contribution in [0.1, 0.15) is 55.9 Å². The summed E-state index contributed by atoms with van der Waals surface area (Å²) in [6.45, 7) is 8.46. The Labute approximate surface area is 127 Å². The van der Waals surface area contributed by atoms with E-state index in [1.165, 1.54) is 6.21 Å². The van der Waals surface area contributed by atoms with E-state index in [9.17, 15) is 5.11 Å². The number of rotatable bonds is 4. The molecule has 2 nitrogen and oxygen atoms in total. The van der Waals surface area contributed by atoms with Gasteiger partial charge in [0.25, 0.3) is 0 Å². The van der Waals surface area contributed by atoms with Gasteiger partial charge in [-0.25, -0.2) is 0 Å². The molecule has 21 heavy (non-hydrogen) atoms. The zero-order valence-electron chi connectivity index (χ0n) is 13.1. The van der Waals surface area contributed by atoms with Gasteiger partial charge in [0.1, 0.15) is 5.75 Å². The highest BCUT2D eigenvalue weighted by Gasteiger charge is 2.28. The van der Waals surface area contributed by atoms with E-state index < -0.39 is 0 Å². The fraction of sp³-hybridized carbons (Fsp3) is 0.316. The molecule has 0 radical (unpaired) electrons. The van der Waals surface area contributed by atoms with Crippen LogP contribution < -0.4 is 0 Å². The van der Waals surface area contributed by atoms with Crippen LogP contribution in [0.15, 0.2) is 42.5 Å². The summed E-state index contributed by atoms with van der Waals surface area (Å²) in [6.07, 6.45) is 1.23. The van der Waals surface area contributed by atoms with E-state index >= 15 is 0 Å². The Balaban J connectivity index is 2.67. The zero-order valence-corrected chi connectivity index (χ0v) is 13.1. The summed E-state index contributed by atoms with van der Waals surface area (Å²) in [7, 11) is 0. The molecule has 2 rings (SSSR count). The lowest BCUT2D eigenvalue weighted by Crippen LogP contribution is -2.20. The average Bonchev–Trinajstić information content (AvgIpc) is 2.48. The average molecular weight is 281 g/mol. The Bertz CT molecular complexity index is 642. The van der Waals surface area contributed by atoms with Crippen molar-refractivity contribution in [1.82, 2.24) is 0 Å². The molecule has 0 unspecified atom stereocenters. The van der Waals surface area contributed by atoms with Crippen molar-refractivity contribution in [2.75, 3.05) is 0 Å². The Morgan fingerprint density at radius 3 is 2.24 bits per heavy atom. The number of hydrogen-bond donors (Lipinski definition) is 2. The second-order valence-corrected chi connectivity index (χ2v) is 6.30. The molecule has 0 aliphatic rings. The van der Waals surface area contributed by atoms with Crippen LogP contribution in [0.2, 0.25) is 0 Å². The Morgan fingerprint density at radius 1 is 1.10 bits per heavy atom. The normalized spacial score (nSPS) is 11.7. The van der Waals surface area contributed by atoms with E-state index in [1.807, 2.05) is 24.3 Å². The topological polar surface area (TPSA) is 44.1 Å². The first-order valence-electron chi connectivity index (χ1n) is 7.31. The van der Waals surface area contributed by atoms with Gasteiger partial charge in [-0.2, -0.15) is 0 Å². The molecule has 0 amide bonds. The van der Waals surface area contributed by atoms with E-state index in [4.69, 9.17) is 5.41 Å². The third-order valence-electron chi connectivity index (χ3n) is 4.15. The van der Waals surface area contributed by atoms with Gasteiger partial charge in [-0.1, -0.05) is 64.1 Å². The van der Waals surface area contributed by atoms with Crippen molar-refractivity contribution in [3.05, 3.63) is 64.7 Å². The minimum Gasteiger partial charge on any atom is -0.507 e. The van der Waals surface area contributed by atoms with E-state index in [-0.39, 0.29) is 11.2 Å². The molecule has 110 valence electrons. The molecular formula is C19H23NO. The van der Waals surface area contributed by atoms with Crippen molar-refractivity contribution in [3.63, 3.8) is 0 Å². The van der Waals surface area contributed by atoms with Crippen LogP contribution in [0, 0.1) is 5.41 Å². The molecule has 2 aromatic rings. The quantitative estimate of drug-likeness (QED) is 0.774. The first kappa shape index (κ1) is 15.3. The Kier molecular flexibility index (Phi) is 4.17. The number of benzene rings is 2. The summed E-state index contributed by atoms with van der Waals surface area (Å²) in [6, 6.07) is 14.1. The Hall–Kier alpha value is -2.09. The minimum atomic E-state index is -0.312. The highest BCUT2D eigenvalue weighted by Crippen LogP contribution is 2.39. The highest BCUT2D eigenvalue weighted by atomic mass is 16.3.